The van der Waals surface area contributed by atoms with E-state index in [9.17, 15) is 9.59 Å². The van der Waals surface area contributed by atoms with Crippen LogP contribution in [0, 0.1) is 0 Å². The van der Waals surface area contributed by atoms with Crippen LogP contribution in [0.3, 0.4) is 0 Å². The van der Waals surface area contributed by atoms with Crippen molar-refractivity contribution in [3.63, 3.8) is 0 Å². The van der Waals surface area contributed by atoms with Crippen LogP contribution in [0.2, 0.25) is 0 Å². The first-order chi connectivity index (χ1) is 11.3. The van der Waals surface area contributed by atoms with Gasteiger partial charge in [0.05, 0.1) is 0 Å². The van der Waals surface area contributed by atoms with E-state index in [0.717, 1.165) is 6.92 Å². The van der Waals surface area contributed by atoms with Crippen molar-refractivity contribution in [3.05, 3.63) is 0 Å². The number of carboxylic acid groups (broad SMARTS) is 4. The van der Waals surface area contributed by atoms with Gasteiger partial charge in [-0.15, -0.1) is 0 Å². The zero-order valence-corrected chi connectivity index (χ0v) is 14.0. The Balaban J connectivity index is -0.000000141. The smallest absolute Gasteiger partial charge is 0.320 e. The Hall–Kier alpha value is -2.93. The number of nitrogens with zero attached hydrogens (tertiary/aromatic N) is 1. The highest BCUT2D eigenvalue weighted by atomic mass is 16.4. The standard InChI is InChI=1S/C6H14N4O2.C3H7NO2.C2H4O2.CH2O2/c7-4(5(11)12)2-1-3-10-6(8)9;1-2(4)3(5)6;1-2(3)4;2-1-3/h4H,1-3,7H2,(H,11,12)(H4,8,9,10);2H,4H2,1H3,(H,5,6);1H3,(H,3,4);1H,(H,2,3). The van der Waals surface area contributed by atoms with E-state index in [1.807, 2.05) is 0 Å². The van der Waals surface area contributed by atoms with Gasteiger partial charge in [-0.05, 0) is 19.8 Å². The molecule has 13 nitrogen and oxygen atoms in total. The van der Waals surface area contributed by atoms with E-state index in [1.54, 1.807) is 0 Å². The number of carboxylic acids is 3. The maximum absolute atomic E-state index is 10.2. The fourth-order valence-electron chi connectivity index (χ4n) is 0.643. The monoisotopic (exact) mass is 369 g/mol. The second-order valence-electron chi connectivity index (χ2n) is 4.14. The zero-order chi connectivity index (χ0) is 21.0. The van der Waals surface area contributed by atoms with E-state index in [-0.39, 0.29) is 12.4 Å². The minimum absolute atomic E-state index is 0.0129. The van der Waals surface area contributed by atoms with Crippen LogP contribution in [0.1, 0.15) is 26.7 Å². The van der Waals surface area contributed by atoms with E-state index in [2.05, 4.69) is 4.99 Å². The van der Waals surface area contributed by atoms with E-state index >= 15 is 0 Å². The molecule has 0 aliphatic heterocycles. The van der Waals surface area contributed by atoms with E-state index in [1.165, 1.54) is 6.92 Å². The van der Waals surface area contributed by atoms with Gasteiger partial charge in [0.15, 0.2) is 5.96 Å². The molecule has 0 fully saturated rings. The van der Waals surface area contributed by atoms with Crippen molar-refractivity contribution in [3.8, 4) is 0 Å². The molecule has 0 aromatic heterocycles. The Morgan fingerprint density at radius 3 is 1.60 bits per heavy atom. The van der Waals surface area contributed by atoms with Crippen LogP contribution >= 0.6 is 0 Å². The highest BCUT2D eigenvalue weighted by Crippen LogP contribution is 1.94. The van der Waals surface area contributed by atoms with Crippen molar-refractivity contribution < 1.29 is 39.6 Å². The Labute approximate surface area is 144 Å². The van der Waals surface area contributed by atoms with Crippen LogP contribution < -0.4 is 22.9 Å². The molecular weight excluding hydrogens is 342 g/mol. The predicted molar refractivity (Wildman–Crippen MR) is 88.8 cm³/mol. The lowest BCUT2D eigenvalue weighted by atomic mass is 10.2. The first kappa shape index (κ1) is 30.0. The molecule has 0 amide bonds. The average molecular weight is 369 g/mol. The van der Waals surface area contributed by atoms with Gasteiger partial charge in [-0.1, -0.05) is 0 Å². The summed E-state index contributed by atoms with van der Waals surface area (Å²) in [5, 5.41) is 30.6. The minimum Gasteiger partial charge on any atom is -0.483 e. The first-order valence-corrected chi connectivity index (χ1v) is 6.62. The third-order valence-corrected chi connectivity index (χ3v) is 1.67. The molecule has 0 radical (unpaired) electrons. The fraction of sp³-hybridized carbons (Fsp3) is 0.583. The molecular formula is C12H27N5O8. The number of aliphatic carboxylic acids is 3. The summed E-state index contributed by atoms with van der Waals surface area (Å²) in [5.74, 6) is -2.78. The van der Waals surface area contributed by atoms with Gasteiger partial charge in [0.2, 0.25) is 0 Å². The Morgan fingerprint density at radius 1 is 1.08 bits per heavy atom. The van der Waals surface area contributed by atoms with Gasteiger partial charge in [0.1, 0.15) is 12.1 Å². The van der Waals surface area contributed by atoms with Gasteiger partial charge in [-0.2, -0.15) is 0 Å². The lowest BCUT2D eigenvalue weighted by Crippen LogP contribution is -2.30. The van der Waals surface area contributed by atoms with Crippen LogP contribution in [0.4, 0.5) is 0 Å². The van der Waals surface area contributed by atoms with Gasteiger partial charge < -0.3 is 43.4 Å². The molecule has 0 aromatic carbocycles. The van der Waals surface area contributed by atoms with Gasteiger partial charge in [0, 0.05) is 13.5 Å². The molecule has 2 atom stereocenters. The van der Waals surface area contributed by atoms with Crippen molar-refractivity contribution in [1.82, 2.24) is 0 Å². The molecule has 0 aliphatic carbocycles. The first-order valence-electron chi connectivity index (χ1n) is 6.62. The Morgan fingerprint density at radius 2 is 1.40 bits per heavy atom. The lowest BCUT2D eigenvalue weighted by molar-refractivity contribution is -0.139. The largest absolute Gasteiger partial charge is 0.483 e. The molecule has 0 aromatic rings. The second-order valence-corrected chi connectivity index (χ2v) is 4.14. The van der Waals surface area contributed by atoms with Crippen LogP contribution in [0.25, 0.3) is 0 Å². The highest BCUT2D eigenvalue weighted by molar-refractivity contribution is 5.75. The van der Waals surface area contributed by atoms with Gasteiger partial charge in [0.25, 0.3) is 12.4 Å². The van der Waals surface area contributed by atoms with Crippen LogP contribution in [0.5, 0.6) is 0 Å². The van der Waals surface area contributed by atoms with E-state index in [4.69, 9.17) is 52.9 Å². The van der Waals surface area contributed by atoms with Crippen LogP contribution in [-0.2, 0) is 19.2 Å². The second kappa shape index (κ2) is 21.1. The lowest BCUT2D eigenvalue weighted by Gasteiger charge is -2.03. The molecule has 0 heterocycles. The number of guanidine groups is 1. The van der Waals surface area contributed by atoms with E-state index in [0.29, 0.717) is 19.4 Å². The van der Waals surface area contributed by atoms with Gasteiger partial charge in [-0.25, -0.2) is 0 Å². The molecule has 25 heavy (non-hydrogen) atoms. The molecule has 148 valence electrons. The maximum atomic E-state index is 10.2. The van der Waals surface area contributed by atoms with Crippen LogP contribution in [-0.4, -0.2) is 69.4 Å². The normalized spacial score (nSPS) is 10.6. The summed E-state index contributed by atoms with van der Waals surface area (Å²) < 4.78 is 0. The van der Waals surface area contributed by atoms with Gasteiger partial charge in [-0.3, -0.25) is 24.2 Å². The van der Waals surface area contributed by atoms with Crippen LogP contribution in [0.15, 0.2) is 4.99 Å². The fourth-order valence-corrected chi connectivity index (χ4v) is 0.643. The summed E-state index contributed by atoms with van der Waals surface area (Å²) >= 11 is 0. The number of aliphatic imine (C=N–C) groups is 1. The highest BCUT2D eigenvalue weighted by Gasteiger charge is 2.09. The summed E-state index contributed by atoms with van der Waals surface area (Å²) in [5.41, 5.74) is 20.2. The molecule has 0 bridgehead atoms. The van der Waals surface area contributed by atoms with Crippen molar-refractivity contribution in [2.24, 2.45) is 27.9 Å². The summed E-state index contributed by atoms with van der Waals surface area (Å²) in [6, 6.07) is -1.55. The minimum atomic E-state index is -1.00. The third kappa shape index (κ3) is 52.6. The molecule has 0 saturated heterocycles. The Kier molecular flexibility index (Phi) is 25.3. The van der Waals surface area contributed by atoms with Crippen molar-refractivity contribution in [2.75, 3.05) is 6.54 Å². The molecule has 0 saturated carbocycles. The van der Waals surface area contributed by atoms with E-state index < -0.39 is 30.0 Å². The van der Waals surface area contributed by atoms with Crippen molar-refractivity contribution >= 4 is 30.3 Å². The SMILES string of the molecule is CC(=O)O.CC(N)C(=O)O.NC(N)=NCCCC(N)C(=O)O.O=CO. The summed E-state index contributed by atoms with van der Waals surface area (Å²) in [7, 11) is 0. The van der Waals surface area contributed by atoms with Crippen molar-refractivity contribution in [1.29, 1.82) is 0 Å². The number of hydrogen-bond donors (Lipinski definition) is 8. The summed E-state index contributed by atoms with van der Waals surface area (Å²) in [6.45, 7) is 2.67. The summed E-state index contributed by atoms with van der Waals surface area (Å²) in [6.07, 6.45) is 0.956. The molecule has 2 unspecified atom stereocenters. The molecule has 12 N–H and O–H groups in total. The zero-order valence-electron chi connectivity index (χ0n) is 14.0. The Bertz CT molecular complexity index is 406. The predicted octanol–water partition coefficient (Wildman–Crippen LogP) is -2.34. The van der Waals surface area contributed by atoms with Gasteiger partial charge >= 0.3 is 11.9 Å². The number of carbonyl (C=O) groups is 4. The molecule has 0 rings (SSSR count). The topological polar surface area (TPSA) is 266 Å². The maximum Gasteiger partial charge on any atom is 0.320 e. The quantitative estimate of drug-likeness (QED) is 0.106. The third-order valence-electron chi connectivity index (χ3n) is 1.67. The number of hydrogen-bond acceptors (Lipinski definition) is 7. The number of rotatable bonds is 6. The molecule has 0 aliphatic rings. The molecule has 0 spiro atoms. The number of nitrogens with two attached hydrogens (primary N) is 4. The van der Waals surface area contributed by atoms with Crippen molar-refractivity contribution in [2.45, 2.75) is 38.8 Å². The summed E-state index contributed by atoms with van der Waals surface area (Å²) in [4.78, 5) is 40.8. The molecule has 13 heteroatoms. The average Bonchev–Trinajstić information content (AvgIpc) is 2.43.